The van der Waals surface area contributed by atoms with E-state index in [1.165, 1.54) is 16.2 Å². The lowest BCUT2D eigenvalue weighted by Crippen LogP contribution is -2.34. The average molecular weight is 348 g/mol. The molecule has 0 unspecified atom stereocenters. The Morgan fingerprint density at radius 2 is 1.88 bits per heavy atom. The minimum atomic E-state index is -0.268. The molecule has 1 fully saturated rings. The molecule has 24 heavy (non-hydrogen) atoms. The van der Waals surface area contributed by atoms with Gasteiger partial charge in [-0.15, -0.1) is 10.2 Å². The Kier molecular flexibility index (Phi) is 4.75. The predicted molar refractivity (Wildman–Crippen MR) is 89.3 cm³/mol. The molecule has 0 aromatic carbocycles. The van der Waals surface area contributed by atoms with Crippen LogP contribution in [0.25, 0.3) is 0 Å². The van der Waals surface area contributed by atoms with Gasteiger partial charge in [0, 0.05) is 18.9 Å². The minimum Gasteiger partial charge on any atom is -0.300 e. The van der Waals surface area contributed by atoms with Gasteiger partial charge in [0.1, 0.15) is 5.01 Å². The molecule has 0 bridgehead atoms. The summed E-state index contributed by atoms with van der Waals surface area (Å²) in [6.45, 7) is 4.13. The van der Waals surface area contributed by atoms with E-state index in [-0.39, 0.29) is 48.4 Å². The molecule has 1 aliphatic carbocycles. The zero-order valence-corrected chi connectivity index (χ0v) is 14.5. The third-order valence-corrected chi connectivity index (χ3v) is 5.48. The number of allylic oxidation sites excluding steroid dienone is 2. The Morgan fingerprint density at radius 3 is 2.42 bits per heavy atom. The Bertz CT molecular complexity index is 671. The first-order valence-electron chi connectivity index (χ1n) is 8.11. The standard InChI is InChI=1S/C16H20N4O3S/c1-9(2)13-18-19-16(24-13)17-12(21)7-8-20-14(22)10-5-3-4-6-11(10)15(20)23/h3-4,9-11H,5-8H2,1-2H3,(H,17,19,21)/t10-,11+. The molecule has 1 saturated heterocycles. The molecule has 1 aromatic rings. The van der Waals surface area contributed by atoms with E-state index in [2.05, 4.69) is 15.5 Å². The van der Waals surface area contributed by atoms with Crippen molar-refractivity contribution in [1.29, 1.82) is 0 Å². The fourth-order valence-corrected chi connectivity index (χ4v) is 3.76. The molecule has 0 spiro atoms. The van der Waals surface area contributed by atoms with E-state index in [1.807, 2.05) is 26.0 Å². The summed E-state index contributed by atoms with van der Waals surface area (Å²) >= 11 is 1.33. The van der Waals surface area contributed by atoms with Crippen LogP contribution in [0.1, 0.15) is 44.0 Å². The fourth-order valence-electron chi connectivity index (χ4n) is 3.00. The van der Waals surface area contributed by atoms with Gasteiger partial charge in [-0.3, -0.25) is 19.3 Å². The van der Waals surface area contributed by atoms with E-state index in [4.69, 9.17) is 0 Å². The highest BCUT2D eigenvalue weighted by Crippen LogP contribution is 2.35. The van der Waals surface area contributed by atoms with Crippen molar-refractivity contribution in [3.63, 3.8) is 0 Å². The topological polar surface area (TPSA) is 92.3 Å². The number of hydrogen-bond donors (Lipinski definition) is 1. The number of carbonyl (C=O) groups excluding carboxylic acids is 3. The molecule has 128 valence electrons. The number of likely N-dealkylation sites (tertiary alicyclic amines) is 1. The van der Waals surface area contributed by atoms with E-state index >= 15 is 0 Å². The number of amides is 3. The van der Waals surface area contributed by atoms with Crippen molar-refractivity contribution < 1.29 is 14.4 Å². The summed E-state index contributed by atoms with van der Waals surface area (Å²) in [5, 5.41) is 11.9. The Hall–Kier alpha value is -2.09. The van der Waals surface area contributed by atoms with Gasteiger partial charge in [0.25, 0.3) is 0 Å². The van der Waals surface area contributed by atoms with Gasteiger partial charge >= 0.3 is 0 Å². The largest absolute Gasteiger partial charge is 0.300 e. The molecular weight excluding hydrogens is 328 g/mol. The maximum Gasteiger partial charge on any atom is 0.233 e. The van der Waals surface area contributed by atoms with Gasteiger partial charge < -0.3 is 5.32 Å². The number of rotatable bonds is 5. The predicted octanol–water partition coefficient (Wildman–Crippen LogP) is 1.94. The molecular formula is C16H20N4O3S. The first-order chi connectivity index (χ1) is 11.5. The number of anilines is 1. The first kappa shape index (κ1) is 16.8. The minimum absolute atomic E-state index is 0.0704. The highest BCUT2D eigenvalue weighted by molar-refractivity contribution is 7.15. The number of fused-ring (bicyclic) bond motifs is 1. The highest BCUT2D eigenvalue weighted by atomic mass is 32.1. The number of nitrogens with one attached hydrogen (secondary N) is 1. The van der Waals surface area contributed by atoms with Crippen molar-refractivity contribution in [2.75, 3.05) is 11.9 Å². The lowest BCUT2D eigenvalue weighted by Gasteiger charge is -2.14. The third kappa shape index (κ3) is 3.24. The van der Waals surface area contributed by atoms with Crippen LogP contribution in [-0.2, 0) is 14.4 Å². The summed E-state index contributed by atoms with van der Waals surface area (Å²) in [5.74, 6) is -0.815. The number of aromatic nitrogens is 2. The van der Waals surface area contributed by atoms with Crippen LogP contribution < -0.4 is 5.32 Å². The number of carbonyl (C=O) groups is 3. The van der Waals surface area contributed by atoms with Crippen LogP contribution in [0.5, 0.6) is 0 Å². The Balaban J connectivity index is 1.54. The Morgan fingerprint density at radius 1 is 1.25 bits per heavy atom. The van der Waals surface area contributed by atoms with Crippen molar-refractivity contribution in [1.82, 2.24) is 15.1 Å². The monoisotopic (exact) mass is 348 g/mol. The van der Waals surface area contributed by atoms with Crippen LogP contribution in [0.3, 0.4) is 0 Å². The van der Waals surface area contributed by atoms with Crippen LogP contribution in [0.4, 0.5) is 5.13 Å². The fraction of sp³-hybridized carbons (Fsp3) is 0.562. The van der Waals surface area contributed by atoms with Crippen LogP contribution in [0.2, 0.25) is 0 Å². The second-order valence-corrected chi connectivity index (χ2v) is 7.39. The van der Waals surface area contributed by atoms with Gasteiger partial charge in [-0.2, -0.15) is 0 Å². The number of nitrogens with zero attached hydrogens (tertiary/aromatic N) is 3. The zero-order chi connectivity index (χ0) is 17.3. The summed E-state index contributed by atoms with van der Waals surface area (Å²) in [4.78, 5) is 37.9. The molecule has 1 N–H and O–H groups in total. The second-order valence-electron chi connectivity index (χ2n) is 6.38. The smallest absolute Gasteiger partial charge is 0.233 e. The molecule has 7 nitrogen and oxygen atoms in total. The molecule has 2 heterocycles. The van der Waals surface area contributed by atoms with Gasteiger partial charge in [0.15, 0.2) is 0 Å². The van der Waals surface area contributed by atoms with Gasteiger partial charge in [-0.25, -0.2) is 0 Å². The molecule has 0 saturated carbocycles. The van der Waals surface area contributed by atoms with E-state index in [1.54, 1.807) is 0 Å². The molecule has 1 aromatic heterocycles. The quantitative estimate of drug-likeness (QED) is 0.648. The average Bonchev–Trinajstić information content (AvgIpc) is 3.11. The summed E-state index contributed by atoms with van der Waals surface area (Å²) < 4.78 is 0. The zero-order valence-electron chi connectivity index (χ0n) is 13.7. The van der Waals surface area contributed by atoms with Crippen LogP contribution >= 0.6 is 11.3 Å². The summed E-state index contributed by atoms with van der Waals surface area (Å²) in [5.41, 5.74) is 0. The molecule has 2 aliphatic rings. The van der Waals surface area contributed by atoms with Crippen LogP contribution in [-0.4, -0.2) is 39.4 Å². The molecule has 0 radical (unpaired) electrons. The van der Waals surface area contributed by atoms with Gasteiger partial charge in [-0.05, 0) is 12.8 Å². The normalized spacial score (nSPS) is 23.0. The summed E-state index contributed by atoms with van der Waals surface area (Å²) in [6, 6.07) is 0. The van der Waals surface area contributed by atoms with E-state index in [0.717, 1.165) is 5.01 Å². The molecule has 3 rings (SSSR count). The van der Waals surface area contributed by atoms with Gasteiger partial charge in [0.05, 0.1) is 11.8 Å². The van der Waals surface area contributed by atoms with Crippen molar-refractivity contribution >= 4 is 34.2 Å². The van der Waals surface area contributed by atoms with Crippen molar-refractivity contribution in [3.8, 4) is 0 Å². The SMILES string of the molecule is CC(C)c1nnc(NC(=O)CCN2C(=O)[C@H]3CC=CC[C@H]3C2=O)s1. The Labute approximate surface area is 144 Å². The third-order valence-electron chi connectivity index (χ3n) is 4.34. The van der Waals surface area contributed by atoms with Crippen molar-refractivity contribution in [2.45, 2.75) is 39.0 Å². The van der Waals surface area contributed by atoms with E-state index in [9.17, 15) is 14.4 Å². The van der Waals surface area contributed by atoms with Crippen LogP contribution in [0, 0.1) is 11.8 Å². The lowest BCUT2D eigenvalue weighted by atomic mass is 9.85. The maximum absolute atomic E-state index is 12.3. The first-order valence-corrected chi connectivity index (χ1v) is 8.92. The lowest BCUT2D eigenvalue weighted by molar-refractivity contribution is -0.140. The van der Waals surface area contributed by atoms with Crippen molar-refractivity contribution in [3.05, 3.63) is 17.2 Å². The van der Waals surface area contributed by atoms with Gasteiger partial charge in [0.2, 0.25) is 22.9 Å². The second kappa shape index (κ2) is 6.80. The van der Waals surface area contributed by atoms with Crippen molar-refractivity contribution in [2.24, 2.45) is 11.8 Å². The van der Waals surface area contributed by atoms with E-state index < -0.39 is 0 Å². The summed E-state index contributed by atoms with van der Waals surface area (Å²) in [6.07, 6.45) is 5.19. The van der Waals surface area contributed by atoms with Crippen LogP contribution in [0.15, 0.2) is 12.2 Å². The molecule has 2 atom stereocenters. The molecule has 1 aliphatic heterocycles. The molecule has 3 amide bonds. The summed E-state index contributed by atoms with van der Waals surface area (Å²) in [7, 11) is 0. The highest BCUT2D eigenvalue weighted by Gasteiger charge is 2.46. The van der Waals surface area contributed by atoms with Gasteiger partial charge in [-0.1, -0.05) is 37.3 Å². The number of hydrogen-bond acceptors (Lipinski definition) is 6. The molecule has 8 heteroatoms. The maximum atomic E-state index is 12.3. The number of imide groups is 1. The van der Waals surface area contributed by atoms with E-state index in [0.29, 0.717) is 18.0 Å².